The van der Waals surface area contributed by atoms with Crippen molar-refractivity contribution in [3.63, 3.8) is 0 Å². The first-order chi connectivity index (χ1) is 11.3. The van der Waals surface area contributed by atoms with Crippen LogP contribution in [0.3, 0.4) is 0 Å². The van der Waals surface area contributed by atoms with Crippen molar-refractivity contribution in [3.8, 4) is 0 Å². The van der Waals surface area contributed by atoms with Gasteiger partial charge in [0.1, 0.15) is 0 Å². The summed E-state index contributed by atoms with van der Waals surface area (Å²) < 4.78 is 42.8. The molecule has 0 saturated heterocycles. The highest BCUT2D eigenvalue weighted by Crippen LogP contribution is 2.29. The molecule has 130 valence electrons. The molecule has 0 aliphatic carbocycles. The van der Waals surface area contributed by atoms with Gasteiger partial charge in [0.05, 0.1) is 5.56 Å². The smallest absolute Gasteiger partial charge is 0.337 e. The minimum atomic E-state index is -4.52. The molecule has 0 aliphatic rings. The zero-order valence-corrected chi connectivity index (χ0v) is 13.1. The lowest BCUT2D eigenvalue weighted by Gasteiger charge is -2.08. The van der Waals surface area contributed by atoms with Gasteiger partial charge in [-0.25, -0.2) is 5.48 Å². The fourth-order valence-electron chi connectivity index (χ4n) is 1.86. The number of rotatable bonds is 6. The van der Waals surface area contributed by atoms with E-state index in [1.165, 1.54) is 6.07 Å². The summed E-state index contributed by atoms with van der Waals surface area (Å²) in [5.74, 6) is 0.239. The Morgan fingerprint density at radius 3 is 2.79 bits per heavy atom. The highest BCUT2D eigenvalue weighted by Gasteiger charge is 2.30. The van der Waals surface area contributed by atoms with Gasteiger partial charge in [-0.15, -0.1) is 0 Å². The molecule has 1 N–H and O–H groups in total. The largest absolute Gasteiger partial charge is 0.416 e. The van der Waals surface area contributed by atoms with Gasteiger partial charge in [0.25, 0.3) is 11.8 Å². The van der Waals surface area contributed by atoms with E-state index in [0.717, 1.165) is 18.2 Å². The summed E-state index contributed by atoms with van der Waals surface area (Å²) in [5, 5.41) is 3.75. The van der Waals surface area contributed by atoms with Crippen molar-refractivity contribution in [3.05, 3.63) is 47.1 Å². The second-order valence-electron chi connectivity index (χ2n) is 5.50. The Kier molecular flexibility index (Phi) is 5.55. The molecule has 2 aromatic rings. The van der Waals surface area contributed by atoms with Crippen LogP contribution in [0.15, 0.2) is 28.8 Å². The topological polar surface area (TPSA) is 77.3 Å². The molecule has 9 heteroatoms. The molecule has 0 aliphatic heterocycles. The molecular weight excluding hydrogens is 327 g/mol. The maximum atomic E-state index is 12.6. The zero-order valence-electron chi connectivity index (χ0n) is 13.1. The Morgan fingerprint density at radius 2 is 2.12 bits per heavy atom. The number of benzene rings is 1. The first-order valence-corrected chi connectivity index (χ1v) is 7.16. The summed E-state index contributed by atoms with van der Waals surface area (Å²) >= 11 is 0. The van der Waals surface area contributed by atoms with Gasteiger partial charge in [0, 0.05) is 12.0 Å². The highest BCUT2D eigenvalue weighted by atomic mass is 19.4. The number of amides is 1. The fourth-order valence-corrected chi connectivity index (χ4v) is 1.86. The maximum absolute atomic E-state index is 12.6. The molecular formula is C15H16F3N3O3. The standard InChI is InChI=1S/C15H16F3N3O3/c1-9(2)6-12-19-13(24-20-12)8-23-21-14(22)10-4-3-5-11(7-10)15(16,17)18/h3-5,7,9H,6,8H2,1-2H3,(H,21,22). The number of hydrogen-bond donors (Lipinski definition) is 1. The van der Waals surface area contributed by atoms with Gasteiger partial charge in [-0.2, -0.15) is 18.2 Å². The summed E-state index contributed by atoms with van der Waals surface area (Å²) in [6.45, 7) is 3.82. The van der Waals surface area contributed by atoms with Gasteiger partial charge in [-0.05, 0) is 24.1 Å². The average Bonchev–Trinajstić information content (AvgIpc) is 2.93. The number of nitrogens with zero attached hydrogens (tertiary/aromatic N) is 2. The number of nitrogens with one attached hydrogen (secondary N) is 1. The molecule has 0 saturated carbocycles. The van der Waals surface area contributed by atoms with Crippen LogP contribution in [0.2, 0.25) is 0 Å². The van der Waals surface area contributed by atoms with E-state index >= 15 is 0 Å². The summed E-state index contributed by atoms with van der Waals surface area (Å²) in [7, 11) is 0. The van der Waals surface area contributed by atoms with Crippen LogP contribution in [0.4, 0.5) is 13.2 Å². The summed E-state index contributed by atoms with van der Waals surface area (Å²) in [4.78, 5) is 20.8. The number of carbonyl (C=O) groups is 1. The number of carbonyl (C=O) groups excluding carboxylic acids is 1. The number of hydrogen-bond acceptors (Lipinski definition) is 5. The van der Waals surface area contributed by atoms with E-state index in [9.17, 15) is 18.0 Å². The van der Waals surface area contributed by atoms with E-state index in [-0.39, 0.29) is 18.1 Å². The van der Waals surface area contributed by atoms with Gasteiger partial charge >= 0.3 is 6.18 Å². The third kappa shape index (κ3) is 5.05. The number of alkyl halides is 3. The first kappa shape index (κ1) is 17.9. The predicted molar refractivity (Wildman–Crippen MR) is 76.5 cm³/mol. The third-order valence-electron chi connectivity index (χ3n) is 2.91. The average molecular weight is 343 g/mol. The Labute approximate surface area is 136 Å². The van der Waals surface area contributed by atoms with Crippen molar-refractivity contribution in [2.45, 2.75) is 33.1 Å². The van der Waals surface area contributed by atoms with Crippen LogP contribution >= 0.6 is 0 Å². The molecule has 6 nitrogen and oxygen atoms in total. The molecule has 2 rings (SSSR count). The van der Waals surface area contributed by atoms with E-state index in [1.807, 2.05) is 19.3 Å². The predicted octanol–water partition coefficient (Wildman–Crippen LogP) is 3.15. The van der Waals surface area contributed by atoms with Crippen molar-refractivity contribution in [2.75, 3.05) is 0 Å². The van der Waals surface area contributed by atoms with Crippen LogP contribution < -0.4 is 5.48 Å². The Morgan fingerprint density at radius 1 is 1.38 bits per heavy atom. The number of halogens is 3. The summed E-state index contributed by atoms with van der Waals surface area (Å²) in [5.41, 5.74) is 0.960. The summed E-state index contributed by atoms with van der Waals surface area (Å²) in [6, 6.07) is 4.02. The normalized spacial score (nSPS) is 11.8. The second-order valence-corrected chi connectivity index (χ2v) is 5.50. The van der Waals surface area contributed by atoms with Crippen LogP contribution in [0.1, 0.15) is 41.5 Å². The second kappa shape index (κ2) is 7.43. The van der Waals surface area contributed by atoms with Crippen molar-refractivity contribution in [1.82, 2.24) is 15.6 Å². The Hall–Kier alpha value is -2.42. The minimum Gasteiger partial charge on any atom is -0.337 e. The van der Waals surface area contributed by atoms with Gasteiger partial charge in [0.2, 0.25) is 0 Å². The van der Waals surface area contributed by atoms with E-state index in [4.69, 9.17) is 9.36 Å². The van der Waals surface area contributed by atoms with Crippen molar-refractivity contribution < 1.29 is 27.3 Å². The van der Waals surface area contributed by atoms with Crippen LogP contribution in [0, 0.1) is 5.92 Å². The van der Waals surface area contributed by atoms with E-state index in [0.29, 0.717) is 18.2 Å². The summed E-state index contributed by atoms with van der Waals surface area (Å²) in [6.07, 6.45) is -3.88. The minimum absolute atomic E-state index is 0.162. The monoisotopic (exact) mass is 343 g/mol. The number of hydroxylamine groups is 1. The van der Waals surface area contributed by atoms with Crippen LogP contribution in [0.5, 0.6) is 0 Å². The van der Waals surface area contributed by atoms with Crippen LogP contribution in [-0.2, 0) is 24.0 Å². The quantitative estimate of drug-likeness (QED) is 0.815. The highest BCUT2D eigenvalue weighted by molar-refractivity contribution is 5.93. The number of aromatic nitrogens is 2. The first-order valence-electron chi connectivity index (χ1n) is 7.16. The molecule has 0 spiro atoms. The Bertz CT molecular complexity index is 699. The molecule has 0 atom stereocenters. The molecule has 0 radical (unpaired) electrons. The third-order valence-corrected chi connectivity index (χ3v) is 2.91. The molecule has 1 amide bonds. The van der Waals surface area contributed by atoms with Crippen molar-refractivity contribution in [1.29, 1.82) is 0 Å². The lowest BCUT2D eigenvalue weighted by atomic mass is 10.1. The van der Waals surface area contributed by atoms with Gasteiger partial charge < -0.3 is 4.52 Å². The molecule has 1 aromatic carbocycles. The van der Waals surface area contributed by atoms with E-state index in [2.05, 4.69) is 10.1 Å². The molecule has 1 heterocycles. The molecule has 0 fully saturated rings. The van der Waals surface area contributed by atoms with Gasteiger partial charge in [0.15, 0.2) is 12.4 Å². The van der Waals surface area contributed by atoms with Crippen LogP contribution in [-0.4, -0.2) is 16.0 Å². The molecule has 24 heavy (non-hydrogen) atoms. The van der Waals surface area contributed by atoms with Crippen molar-refractivity contribution in [2.24, 2.45) is 5.92 Å². The van der Waals surface area contributed by atoms with Gasteiger partial charge in [-0.3, -0.25) is 9.63 Å². The van der Waals surface area contributed by atoms with Gasteiger partial charge in [-0.1, -0.05) is 25.1 Å². The van der Waals surface area contributed by atoms with E-state index in [1.54, 1.807) is 0 Å². The molecule has 0 unspecified atom stereocenters. The zero-order chi connectivity index (χ0) is 17.7. The molecule has 0 bridgehead atoms. The lowest BCUT2D eigenvalue weighted by molar-refractivity contribution is -0.137. The van der Waals surface area contributed by atoms with Crippen molar-refractivity contribution >= 4 is 5.91 Å². The fraction of sp³-hybridized carbons (Fsp3) is 0.400. The lowest BCUT2D eigenvalue weighted by Crippen LogP contribution is -2.24. The molecule has 1 aromatic heterocycles. The van der Waals surface area contributed by atoms with E-state index < -0.39 is 17.6 Å². The van der Waals surface area contributed by atoms with Crippen LogP contribution in [0.25, 0.3) is 0 Å². The SMILES string of the molecule is CC(C)Cc1noc(CONC(=O)c2cccc(C(F)(F)F)c2)n1. The Balaban J connectivity index is 1.88. The maximum Gasteiger partial charge on any atom is 0.416 e.